The lowest BCUT2D eigenvalue weighted by molar-refractivity contribution is -0.144. The van der Waals surface area contributed by atoms with Gasteiger partial charge in [-0.05, 0) is 35.7 Å². The second-order valence-electron chi connectivity index (χ2n) is 4.58. The van der Waals surface area contributed by atoms with Gasteiger partial charge in [0.15, 0.2) is 0 Å². The number of hydrogen-bond acceptors (Lipinski definition) is 4. The molecule has 0 spiro atoms. The summed E-state index contributed by atoms with van der Waals surface area (Å²) in [4.78, 5) is 37.0. The molecule has 1 saturated heterocycles. The zero-order valence-electron chi connectivity index (χ0n) is 10.9. The van der Waals surface area contributed by atoms with Crippen LogP contribution in [0.4, 0.5) is 4.79 Å². The van der Waals surface area contributed by atoms with Crippen molar-refractivity contribution in [3.8, 4) is 0 Å². The van der Waals surface area contributed by atoms with Crippen molar-refractivity contribution in [2.75, 3.05) is 0 Å². The van der Waals surface area contributed by atoms with Gasteiger partial charge in [-0.1, -0.05) is 13.3 Å². The molecular weight excluding hydrogens is 264 g/mol. The minimum Gasteiger partial charge on any atom is -0.277 e. The number of nitrogens with one attached hydrogen (secondary N) is 1. The van der Waals surface area contributed by atoms with E-state index < -0.39 is 23.8 Å². The Morgan fingerprint density at radius 3 is 2.74 bits per heavy atom. The first kappa shape index (κ1) is 13.7. The fourth-order valence-corrected chi connectivity index (χ4v) is 2.95. The molecule has 0 saturated carbocycles. The average Bonchev–Trinajstić information content (AvgIpc) is 2.87. The van der Waals surface area contributed by atoms with Gasteiger partial charge in [0.05, 0.1) is 6.04 Å². The Kier molecular flexibility index (Phi) is 3.99. The highest BCUT2D eigenvalue weighted by Gasteiger charge is 2.42. The van der Waals surface area contributed by atoms with Crippen LogP contribution < -0.4 is 5.32 Å². The summed E-state index contributed by atoms with van der Waals surface area (Å²) in [7, 11) is 0. The fraction of sp³-hybridized carbons (Fsp3) is 0.462. The van der Waals surface area contributed by atoms with Gasteiger partial charge >= 0.3 is 6.03 Å². The van der Waals surface area contributed by atoms with E-state index in [2.05, 4.69) is 5.32 Å². The van der Waals surface area contributed by atoms with E-state index in [0.29, 0.717) is 6.42 Å². The maximum Gasteiger partial charge on any atom is 0.331 e. The second-order valence-corrected chi connectivity index (χ2v) is 5.36. The third kappa shape index (κ3) is 2.53. The first-order chi connectivity index (χ1) is 9.06. The molecule has 2 atom stereocenters. The Hall–Kier alpha value is -1.69. The molecule has 2 rings (SSSR count). The van der Waals surface area contributed by atoms with Gasteiger partial charge in [0, 0.05) is 0 Å². The molecule has 0 radical (unpaired) electrons. The quantitative estimate of drug-likeness (QED) is 0.861. The van der Waals surface area contributed by atoms with Crippen molar-refractivity contribution in [3.05, 3.63) is 22.4 Å². The maximum atomic E-state index is 12.3. The molecular formula is C13H16N2O3S. The smallest absolute Gasteiger partial charge is 0.277 e. The summed E-state index contributed by atoms with van der Waals surface area (Å²) >= 11 is 1.51. The lowest BCUT2D eigenvalue weighted by Gasteiger charge is -2.33. The molecule has 1 N–H and O–H groups in total. The van der Waals surface area contributed by atoms with Gasteiger partial charge < -0.3 is 0 Å². The highest BCUT2D eigenvalue weighted by Crippen LogP contribution is 2.27. The Morgan fingerprint density at radius 1 is 1.42 bits per heavy atom. The standard InChI is InChI=1S/C13H16N2O3S/c1-3-4-10-11(16)14-13(18)15(12(10)17)8(2)9-5-6-19-7-9/h5-8,10H,3-4H2,1-2H3,(H,14,16,18). The summed E-state index contributed by atoms with van der Waals surface area (Å²) in [6.45, 7) is 3.70. The predicted molar refractivity (Wildman–Crippen MR) is 71.5 cm³/mol. The monoisotopic (exact) mass is 280 g/mol. The van der Waals surface area contributed by atoms with E-state index in [1.807, 2.05) is 23.8 Å². The van der Waals surface area contributed by atoms with Crippen molar-refractivity contribution in [3.63, 3.8) is 0 Å². The van der Waals surface area contributed by atoms with E-state index in [4.69, 9.17) is 0 Å². The molecule has 0 bridgehead atoms. The number of amides is 4. The molecule has 1 aromatic heterocycles. The third-order valence-corrected chi connectivity index (χ3v) is 3.99. The summed E-state index contributed by atoms with van der Waals surface area (Å²) in [6.07, 6.45) is 1.18. The van der Waals surface area contributed by atoms with Gasteiger partial charge in [-0.25, -0.2) is 4.79 Å². The number of carbonyl (C=O) groups is 3. The summed E-state index contributed by atoms with van der Waals surface area (Å²) < 4.78 is 0. The van der Waals surface area contributed by atoms with Gasteiger partial charge in [0.1, 0.15) is 5.92 Å². The molecule has 1 aromatic rings. The number of urea groups is 1. The normalized spacial score (nSPS) is 21.5. The van der Waals surface area contributed by atoms with E-state index in [0.717, 1.165) is 16.9 Å². The molecule has 1 fully saturated rings. The molecule has 19 heavy (non-hydrogen) atoms. The van der Waals surface area contributed by atoms with Crippen LogP contribution in [0.15, 0.2) is 16.8 Å². The van der Waals surface area contributed by atoms with Crippen LogP contribution in [0, 0.1) is 5.92 Å². The van der Waals surface area contributed by atoms with Crippen molar-refractivity contribution < 1.29 is 14.4 Å². The topological polar surface area (TPSA) is 66.5 Å². The van der Waals surface area contributed by atoms with Crippen molar-refractivity contribution in [2.24, 2.45) is 5.92 Å². The summed E-state index contributed by atoms with van der Waals surface area (Å²) in [6, 6.07) is 0.897. The molecule has 6 heteroatoms. The number of barbiturate groups is 1. The van der Waals surface area contributed by atoms with Gasteiger partial charge in [-0.2, -0.15) is 11.3 Å². The molecule has 102 valence electrons. The highest BCUT2D eigenvalue weighted by molar-refractivity contribution is 7.08. The number of thiophene rings is 1. The average molecular weight is 280 g/mol. The van der Waals surface area contributed by atoms with E-state index in [9.17, 15) is 14.4 Å². The Labute approximate surface area is 115 Å². The van der Waals surface area contributed by atoms with E-state index in [1.165, 1.54) is 11.3 Å². The lowest BCUT2D eigenvalue weighted by Crippen LogP contribution is -2.58. The third-order valence-electron chi connectivity index (χ3n) is 3.29. The predicted octanol–water partition coefficient (Wildman–Crippen LogP) is 2.30. The van der Waals surface area contributed by atoms with Gasteiger partial charge in [0.2, 0.25) is 11.8 Å². The van der Waals surface area contributed by atoms with Crippen molar-refractivity contribution in [2.45, 2.75) is 32.7 Å². The van der Waals surface area contributed by atoms with Crippen LogP contribution in [0.25, 0.3) is 0 Å². The molecule has 4 amide bonds. The molecule has 2 unspecified atom stereocenters. The lowest BCUT2D eigenvalue weighted by atomic mass is 9.97. The van der Waals surface area contributed by atoms with Crippen LogP contribution in [-0.2, 0) is 9.59 Å². The number of carbonyl (C=O) groups excluding carboxylic acids is 3. The second kappa shape index (κ2) is 5.52. The zero-order valence-corrected chi connectivity index (χ0v) is 11.7. The SMILES string of the molecule is CCCC1C(=O)NC(=O)N(C(C)c2ccsc2)C1=O. The summed E-state index contributed by atoms with van der Waals surface area (Å²) in [5.74, 6) is -1.62. The molecule has 0 aromatic carbocycles. The van der Waals surface area contributed by atoms with Gasteiger partial charge in [0.25, 0.3) is 0 Å². The Bertz CT molecular complexity index is 498. The van der Waals surface area contributed by atoms with Crippen LogP contribution in [0.5, 0.6) is 0 Å². The van der Waals surface area contributed by atoms with Crippen LogP contribution in [0.1, 0.15) is 38.3 Å². The molecule has 2 heterocycles. The van der Waals surface area contributed by atoms with Crippen LogP contribution in [0.3, 0.4) is 0 Å². The summed E-state index contributed by atoms with van der Waals surface area (Å²) in [5, 5.41) is 6.06. The zero-order chi connectivity index (χ0) is 14.0. The van der Waals surface area contributed by atoms with Crippen molar-refractivity contribution in [1.29, 1.82) is 0 Å². The number of nitrogens with zero attached hydrogens (tertiary/aromatic N) is 1. The van der Waals surface area contributed by atoms with E-state index in [1.54, 1.807) is 6.92 Å². The number of imide groups is 2. The highest BCUT2D eigenvalue weighted by atomic mass is 32.1. The van der Waals surface area contributed by atoms with E-state index >= 15 is 0 Å². The molecule has 0 aliphatic carbocycles. The minimum atomic E-state index is -0.746. The van der Waals surface area contributed by atoms with Crippen molar-refractivity contribution in [1.82, 2.24) is 10.2 Å². The molecule has 1 aliphatic heterocycles. The van der Waals surface area contributed by atoms with Crippen LogP contribution >= 0.6 is 11.3 Å². The Balaban J connectivity index is 2.25. The van der Waals surface area contributed by atoms with Crippen molar-refractivity contribution >= 4 is 29.2 Å². The number of rotatable bonds is 4. The first-order valence-electron chi connectivity index (χ1n) is 6.26. The minimum absolute atomic E-state index is 0.355. The Morgan fingerprint density at radius 2 is 2.16 bits per heavy atom. The largest absolute Gasteiger partial charge is 0.331 e. The maximum absolute atomic E-state index is 12.3. The van der Waals surface area contributed by atoms with Crippen LogP contribution in [0.2, 0.25) is 0 Å². The van der Waals surface area contributed by atoms with E-state index in [-0.39, 0.29) is 6.04 Å². The molecule has 1 aliphatic rings. The first-order valence-corrected chi connectivity index (χ1v) is 7.20. The van der Waals surface area contributed by atoms with Crippen LogP contribution in [-0.4, -0.2) is 22.7 Å². The summed E-state index contributed by atoms with van der Waals surface area (Å²) in [5.41, 5.74) is 0.901. The molecule has 5 nitrogen and oxygen atoms in total. The van der Waals surface area contributed by atoms with Gasteiger partial charge in [-0.15, -0.1) is 0 Å². The van der Waals surface area contributed by atoms with Gasteiger partial charge in [-0.3, -0.25) is 19.8 Å². The fourth-order valence-electron chi connectivity index (χ4n) is 2.20. The number of hydrogen-bond donors (Lipinski definition) is 1.